The van der Waals surface area contributed by atoms with Crippen molar-refractivity contribution in [2.45, 2.75) is 0 Å². The minimum absolute atomic E-state index is 0. The molecule has 0 aromatic heterocycles. The SMILES string of the molecule is [KH].[KH].[O]=[Cr](=[O])([OH])[OH].[O]=[Cr](=[O])([OH])[OH].[O]=[Cr](=[O])([OH])[OH]. The van der Waals surface area contributed by atoms with Gasteiger partial charge in [-0.2, -0.15) is 0 Å². The van der Waals surface area contributed by atoms with Crippen molar-refractivity contribution in [2.75, 3.05) is 0 Å². The molecular weight excluding hydrogens is 426 g/mol. The van der Waals surface area contributed by atoms with Crippen molar-refractivity contribution < 1.29 is 88.6 Å². The zero-order valence-electron chi connectivity index (χ0n) is 6.36. The molecule has 0 aliphatic carbocycles. The van der Waals surface area contributed by atoms with Gasteiger partial charge in [0.05, 0.1) is 0 Å². The third-order valence-corrected chi connectivity index (χ3v) is 0. The Morgan fingerprint density at radius 2 is 0.412 bits per heavy atom. The first-order valence-corrected chi connectivity index (χ1v) is 8.64. The molecule has 0 aliphatic rings. The zero-order valence-corrected chi connectivity index (χ0v) is 10.2. The van der Waals surface area contributed by atoms with Crippen molar-refractivity contribution in [2.24, 2.45) is 0 Å². The standard InChI is InChI=1S/3Cr.2K.6H2O.6O.2H/h;;;;;6*1H2;;;;;;;;/q3*+2;;;;;;;;;;;;;;;;/p-6. The van der Waals surface area contributed by atoms with Crippen molar-refractivity contribution >= 4 is 103 Å². The molecule has 0 amide bonds. The Kier molecular flexibility index (Phi) is 27.4. The molecule has 0 spiro atoms. The van der Waals surface area contributed by atoms with E-state index in [0.29, 0.717) is 0 Å². The Bertz CT molecular complexity index is 341. The fourth-order valence-electron chi connectivity index (χ4n) is 0. The topological polar surface area (TPSA) is 224 Å². The van der Waals surface area contributed by atoms with Crippen molar-refractivity contribution in [1.82, 2.24) is 0 Å². The van der Waals surface area contributed by atoms with Crippen LogP contribution in [-0.4, -0.2) is 128 Å². The van der Waals surface area contributed by atoms with Gasteiger partial charge in [0.15, 0.2) is 0 Å². The normalized spacial score (nSPS) is 10.2. The molecule has 0 rings (SSSR count). The van der Waals surface area contributed by atoms with Gasteiger partial charge in [-0.25, -0.2) is 0 Å². The van der Waals surface area contributed by atoms with E-state index in [2.05, 4.69) is 0 Å². The Balaban J connectivity index is -0.0000000400. The van der Waals surface area contributed by atoms with Crippen LogP contribution in [0.15, 0.2) is 0 Å². The molecule has 100 valence electrons. The van der Waals surface area contributed by atoms with Crippen LogP contribution in [0, 0.1) is 0 Å². The molecule has 6 N–H and O–H groups in total. The molecule has 0 radical (unpaired) electrons. The first-order valence-electron chi connectivity index (χ1n) is 2.10. The molecule has 0 fully saturated rings. The van der Waals surface area contributed by atoms with Gasteiger partial charge in [-0.1, -0.05) is 0 Å². The summed E-state index contributed by atoms with van der Waals surface area (Å²) < 4.78 is 95.6. The zero-order chi connectivity index (χ0) is 13.5. The summed E-state index contributed by atoms with van der Waals surface area (Å²) in [6, 6.07) is 0. The summed E-state index contributed by atoms with van der Waals surface area (Å²) in [4.78, 5) is 0. The summed E-state index contributed by atoms with van der Waals surface area (Å²) in [5.41, 5.74) is 0. The maximum atomic E-state index is 8.82. The molecule has 0 aromatic rings. The van der Waals surface area contributed by atoms with Gasteiger partial charge in [0.25, 0.3) is 0 Å². The predicted octanol–water partition coefficient (Wildman–Crippen LogP) is -5.36. The number of hydrogen-bond donors (Lipinski definition) is 6. The van der Waals surface area contributed by atoms with Gasteiger partial charge in [0.1, 0.15) is 0 Å². The summed E-state index contributed by atoms with van der Waals surface area (Å²) in [6.45, 7) is 0. The summed E-state index contributed by atoms with van der Waals surface area (Å²) in [7, 11) is 0. The fourth-order valence-corrected chi connectivity index (χ4v) is 0. The summed E-state index contributed by atoms with van der Waals surface area (Å²) >= 11 is -15.8. The quantitative estimate of drug-likeness (QED) is 0.197. The molecule has 0 aromatic carbocycles. The van der Waals surface area contributed by atoms with E-state index in [1.807, 2.05) is 0 Å². The monoisotopic (exact) mass is 434 g/mol. The van der Waals surface area contributed by atoms with Gasteiger partial charge >= 0.3 is 191 Å². The third kappa shape index (κ3) is 502. The van der Waals surface area contributed by atoms with Gasteiger partial charge < -0.3 is 0 Å². The second-order valence-corrected chi connectivity index (χ2v) is 5.54. The average Bonchev–Trinajstić information content (AvgIpc) is 1.41. The van der Waals surface area contributed by atoms with E-state index in [4.69, 9.17) is 47.8 Å². The first-order chi connectivity index (χ1) is 6.00. The minimum atomic E-state index is -5.25. The van der Waals surface area contributed by atoms with Crippen LogP contribution in [-0.2, 0) is 63.7 Å². The molecule has 0 saturated carbocycles. The van der Waals surface area contributed by atoms with Gasteiger partial charge in [-0.15, -0.1) is 0 Å². The molecule has 0 bridgehead atoms. The van der Waals surface area contributed by atoms with Crippen LogP contribution in [0.2, 0.25) is 0 Å². The van der Waals surface area contributed by atoms with Crippen LogP contribution >= 0.6 is 0 Å². The molecule has 0 saturated heterocycles. The summed E-state index contributed by atoms with van der Waals surface area (Å²) in [6.07, 6.45) is 0. The Labute approximate surface area is 186 Å². The van der Waals surface area contributed by atoms with Crippen LogP contribution in [0.1, 0.15) is 0 Å². The maximum absolute atomic E-state index is 8.82. The van der Waals surface area contributed by atoms with Crippen molar-refractivity contribution in [3.05, 3.63) is 0 Å². The van der Waals surface area contributed by atoms with Crippen LogP contribution in [0.5, 0.6) is 0 Å². The van der Waals surface area contributed by atoms with Gasteiger partial charge in [-0.3, -0.25) is 0 Å². The van der Waals surface area contributed by atoms with Crippen LogP contribution in [0.25, 0.3) is 0 Å². The Hall–Kier alpha value is 3.43. The molecule has 0 heterocycles. The molecule has 0 aliphatic heterocycles. The third-order valence-electron chi connectivity index (χ3n) is 0. The fraction of sp³-hybridized carbons (Fsp3) is 0. The van der Waals surface area contributed by atoms with Crippen LogP contribution < -0.4 is 0 Å². The number of hydrogen-bond acceptors (Lipinski definition) is 6. The average molecular weight is 434 g/mol. The van der Waals surface area contributed by atoms with E-state index >= 15 is 0 Å². The van der Waals surface area contributed by atoms with E-state index in [1.165, 1.54) is 0 Å². The van der Waals surface area contributed by atoms with E-state index in [9.17, 15) is 0 Å². The van der Waals surface area contributed by atoms with Crippen LogP contribution in [0.3, 0.4) is 0 Å². The van der Waals surface area contributed by atoms with Crippen molar-refractivity contribution in [1.29, 1.82) is 0 Å². The number of rotatable bonds is 0. The van der Waals surface area contributed by atoms with Gasteiger partial charge in [0, 0.05) is 0 Å². The molecule has 12 nitrogen and oxygen atoms in total. The second kappa shape index (κ2) is 14.4. The molecule has 17 heavy (non-hydrogen) atoms. The second-order valence-electron chi connectivity index (χ2n) is 1.34. The molecular formula is H8Cr3K2O12. The van der Waals surface area contributed by atoms with E-state index < -0.39 is 40.8 Å². The molecule has 0 unspecified atom stereocenters. The van der Waals surface area contributed by atoms with Crippen LogP contribution in [0.4, 0.5) is 0 Å². The van der Waals surface area contributed by atoms with Crippen molar-refractivity contribution in [3.8, 4) is 0 Å². The predicted molar refractivity (Wildman–Crippen MR) is 31.7 cm³/mol. The molecule has 0 atom stereocenters. The van der Waals surface area contributed by atoms with E-state index in [0.717, 1.165) is 0 Å². The Morgan fingerprint density at radius 1 is 0.412 bits per heavy atom. The van der Waals surface area contributed by atoms with Gasteiger partial charge in [-0.05, 0) is 0 Å². The van der Waals surface area contributed by atoms with Crippen molar-refractivity contribution in [3.63, 3.8) is 0 Å². The first kappa shape index (κ1) is 32.4. The molecule has 17 heteroatoms. The van der Waals surface area contributed by atoms with E-state index in [-0.39, 0.29) is 103 Å². The Morgan fingerprint density at radius 3 is 0.412 bits per heavy atom. The van der Waals surface area contributed by atoms with E-state index in [1.54, 1.807) is 0 Å². The summed E-state index contributed by atoms with van der Waals surface area (Å²) in [5.74, 6) is 0. The van der Waals surface area contributed by atoms with Gasteiger partial charge in [0.2, 0.25) is 0 Å². The summed E-state index contributed by atoms with van der Waals surface area (Å²) in [5, 5.41) is 0.